The monoisotopic (exact) mass is 326 g/mol. The highest BCUT2D eigenvalue weighted by Crippen LogP contribution is 2.35. The molecule has 118 valence electrons. The Morgan fingerprint density at radius 3 is 2.87 bits per heavy atom. The van der Waals surface area contributed by atoms with E-state index in [-0.39, 0.29) is 5.56 Å². The molecule has 1 aliphatic rings. The van der Waals surface area contributed by atoms with E-state index in [9.17, 15) is 4.79 Å². The number of aryl methyl sites for hydroxylation is 2. The highest BCUT2D eigenvalue weighted by atomic mass is 32.1. The number of nitrogens with one attached hydrogen (secondary N) is 1. The number of rotatable bonds is 4. The summed E-state index contributed by atoms with van der Waals surface area (Å²) in [4.78, 5) is 22.3. The van der Waals surface area contributed by atoms with Crippen LogP contribution in [-0.2, 0) is 12.8 Å². The van der Waals surface area contributed by atoms with Crippen molar-refractivity contribution in [1.82, 2.24) is 9.97 Å². The number of ether oxygens (including phenoxy) is 1. The van der Waals surface area contributed by atoms with Crippen molar-refractivity contribution in [1.29, 1.82) is 0 Å². The minimum atomic E-state index is -0.0179. The minimum absolute atomic E-state index is 0.0179. The summed E-state index contributed by atoms with van der Waals surface area (Å²) >= 11 is 1.67. The van der Waals surface area contributed by atoms with Crippen LogP contribution in [0.1, 0.15) is 30.2 Å². The van der Waals surface area contributed by atoms with Gasteiger partial charge < -0.3 is 9.72 Å². The number of hydrogen-bond acceptors (Lipinski definition) is 4. The zero-order chi connectivity index (χ0) is 15.8. The van der Waals surface area contributed by atoms with Gasteiger partial charge in [0, 0.05) is 10.4 Å². The molecule has 0 atom stereocenters. The molecule has 0 saturated carbocycles. The van der Waals surface area contributed by atoms with Crippen molar-refractivity contribution < 1.29 is 4.74 Å². The summed E-state index contributed by atoms with van der Waals surface area (Å²) in [5.41, 5.74) is 2.10. The van der Waals surface area contributed by atoms with Gasteiger partial charge in [0.25, 0.3) is 5.56 Å². The Hall–Kier alpha value is -2.14. The smallest absolute Gasteiger partial charge is 0.260 e. The molecule has 2 aromatic heterocycles. The molecule has 0 amide bonds. The fourth-order valence-electron chi connectivity index (χ4n) is 3.07. The highest BCUT2D eigenvalue weighted by molar-refractivity contribution is 7.18. The van der Waals surface area contributed by atoms with Crippen LogP contribution in [0.3, 0.4) is 0 Å². The van der Waals surface area contributed by atoms with Crippen LogP contribution in [0.15, 0.2) is 29.1 Å². The fourth-order valence-corrected chi connectivity index (χ4v) is 4.33. The molecule has 0 radical (unpaired) electrons. The van der Waals surface area contributed by atoms with Crippen molar-refractivity contribution in [2.75, 3.05) is 6.61 Å². The van der Waals surface area contributed by atoms with Gasteiger partial charge in [0.2, 0.25) is 0 Å². The summed E-state index contributed by atoms with van der Waals surface area (Å²) in [5, 5.41) is 0.800. The van der Waals surface area contributed by atoms with Gasteiger partial charge in [0.05, 0.1) is 12.0 Å². The van der Waals surface area contributed by atoms with E-state index >= 15 is 0 Å². The van der Waals surface area contributed by atoms with E-state index in [2.05, 4.69) is 16.9 Å². The summed E-state index contributed by atoms with van der Waals surface area (Å²) in [6, 6.07) is 7.72. The first-order valence-corrected chi connectivity index (χ1v) is 8.85. The van der Waals surface area contributed by atoms with Crippen molar-refractivity contribution in [3.05, 3.63) is 45.1 Å². The molecule has 1 N–H and O–H groups in total. The molecular formula is C18H18N2O2S. The van der Waals surface area contributed by atoms with Gasteiger partial charge in [-0.2, -0.15) is 0 Å². The van der Waals surface area contributed by atoms with E-state index in [1.165, 1.54) is 10.4 Å². The zero-order valence-electron chi connectivity index (χ0n) is 13.0. The molecule has 23 heavy (non-hydrogen) atoms. The summed E-state index contributed by atoms with van der Waals surface area (Å²) in [7, 11) is 0. The first-order chi connectivity index (χ1) is 11.3. The molecule has 3 aromatic rings. The SMILES string of the molecule is CCCOc1ccc(-c2nc3sc4c(c3c(=O)[nH]2)CCC4)cc1. The largest absolute Gasteiger partial charge is 0.494 e. The Bertz CT molecular complexity index is 909. The number of aromatic nitrogens is 2. The standard InChI is InChI=1S/C18H18N2O2S/c1-2-10-22-12-8-6-11(7-9-12)16-19-17(21)15-13-4-3-5-14(13)23-18(15)20-16/h6-9H,2-5,10H2,1H3,(H,19,20,21). The number of nitrogens with zero attached hydrogens (tertiary/aromatic N) is 1. The molecule has 0 unspecified atom stereocenters. The Labute approximate surface area is 138 Å². The van der Waals surface area contributed by atoms with Crippen molar-refractivity contribution >= 4 is 21.6 Å². The number of fused-ring (bicyclic) bond motifs is 3. The molecule has 0 saturated heterocycles. The minimum Gasteiger partial charge on any atom is -0.494 e. The normalized spacial score (nSPS) is 13.4. The second-order valence-electron chi connectivity index (χ2n) is 5.82. The topological polar surface area (TPSA) is 55.0 Å². The van der Waals surface area contributed by atoms with Crippen LogP contribution in [0.25, 0.3) is 21.6 Å². The lowest BCUT2D eigenvalue weighted by atomic mass is 10.2. The van der Waals surface area contributed by atoms with Crippen LogP contribution in [0, 0.1) is 0 Å². The molecule has 0 bridgehead atoms. The van der Waals surface area contributed by atoms with Gasteiger partial charge in [0.15, 0.2) is 0 Å². The van der Waals surface area contributed by atoms with E-state index in [1.54, 1.807) is 11.3 Å². The Kier molecular flexibility index (Phi) is 3.65. The molecule has 1 aromatic carbocycles. The third-order valence-corrected chi connectivity index (χ3v) is 5.36. The molecule has 4 rings (SSSR count). The molecule has 5 heteroatoms. The maximum atomic E-state index is 12.5. The number of thiophene rings is 1. The Morgan fingerprint density at radius 1 is 1.26 bits per heavy atom. The van der Waals surface area contributed by atoms with Gasteiger partial charge in [-0.3, -0.25) is 4.79 Å². The molecule has 1 aliphatic carbocycles. The van der Waals surface area contributed by atoms with Gasteiger partial charge >= 0.3 is 0 Å². The second kappa shape index (κ2) is 5.81. The maximum absolute atomic E-state index is 12.5. The summed E-state index contributed by atoms with van der Waals surface area (Å²) in [6.45, 7) is 2.79. The predicted octanol–water partition coefficient (Wildman–Crippen LogP) is 3.93. The lowest BCUT2D eigenvalue weighted by Crippen LogP contribution is -2.09. The van der Waals surface area contributed by atoms with Gasteiger partial charge in [0.1, 0.15) is 16.4 Å². The van der Waals surface area contributed by atoms with Crippen LogP contribution >= 0.6 is 11.3 Å². The molecular weight excluding hydrogens is 308 g/mol. The Morgan fingerprint density at radius 2 is 2.09 bits per heavy atom. The van der Waals surface area contributed by atoms with Gasteiger partial charge in [-0.25, -0.2) is 4.98 Å². The van der Waals surface area contributed by atoms with Crippen LogP contribution in [-0.4, -0.2) is 16.6 Å². The van der Waals surface area contributed by atoms with Gasteiger partial charge in [-0.05, 0) is 55.5 Å². The fraction of sp³-hybridized carbons (Fsp3) is 0.333. The summed E-state index contributed by atoms with van der Waals surface area (Å²) in [5.74, 6) is 1.47. The van der Waals surface area contributed by atoms with Crippen LogP contribution in [0.2, 0.25) is 0 Å². The third-order valence-electron chi connectivity index (χ3n) is 4.18. The average Bonchev–Trinajstić information content (AvgIpc) is 3.13. The lowest BCUT2D eigenvalue weighted by molar-refractivity contribution is 0.317. The van der Waals surface area contributed by atoms with Gasteiger partial charge in [-0.1, -0.05) is 6.92 Å². The Balaban J connectivity index is 1.73. The highest BCUT2D eigenvalue weighted by Gasteiger charge is 2.21. The number of aromatic amines is 1. The van der Waals surface area contributed by atoms with Crippen LogP contribution < -0.4 is 10.3 Å². The number of benzene rings is 1. The maximum Gasteiger partial charge on any atom is 0.260 e. The molecule has 0 fully saturated rings. The van der Waals surface area contributed by atoms with Crippen molar-refractivity contribution in [2.24, 2.45) is 0 Å². The summed E-state index contributed by atoms with van der Waals surface area (Å²) in [6.07, 6.45) is 4.21. The van der Waals surface area contributed by atoms with Crippen LogP contribution in [0.5, 0.6) is 5.75 Å². The van der Waals surface area contributed by atoms with E-state index in [0.29, 0.717) is 12.4 Å². The molecule has 2 heterocycles. The van der Waals surface area contributed by atoms with Crippen molar-refractivity contribution in [3.8, 4) is 17.1 Å². The molecule has 0 spiro atoms. The predicted molar refractivity (Wildman–Crippen MR) is 93.5 cm³/mol. The van der Waals surface area contributed by atoms with E-state index in [0.717, 1.165) is 47.2 Å². The van der Waals surface area contributed by atoms with E-state index in [1.807, 2.05) is 24.3 Å². The van der Waals surface area contributed by atoms with Crippen LogP contribution in [0.4, 0.5) is 0 Å². The molecule has 4 nitrogen and oxygen atoms in total. The van der Waals surface area contributed by atoms with Crippen molar-refractivity contribution in [2.45, 2.75) is 32.6 Å². The molecule has 0 aliphatic heterocycles. The average molecular weight is 326 g/mol. The van der Waals surface area contributed by atoms with Gasteiger partial charge in [-0.15, -0.1) is 11.3 Å². The number of H-pyrrole nitrogens is 1. The quantitative estimate of drug-likeness (QED) is 0.790. The van der Waals surface area contributed by atoms with E-state index < -0.39 is 0 Å². The lowest BCUT2D eigenvalue weighted by Gasteiger charge is -2.06. The zero-order valence-corrected chi connectivity index (χ0v) is 13.8. The number of hydrogen-bond donors (Lipinski definition) is 1. The first kappa shape index (κ1) is 14.5. The first-order valence-electron chi connectivity index (χ1n) is 8.04. The van der Waals surface area contributed by atoms with E-state index in [4.69, 9.17) is 4.74 Å². The second-order valence-corrected chi connectivity index (χ2v) is 6.91. The van der Waals surface area contributed by atoms with Crippen molar-refractivity contribution in [3.63, 3.8) is 0 Å². The third kappa shape index (κ3) is 2.55. The summed E-state index contributed by atoms with van der Waals surface area (Å²) < 4.78 is 5.59.